The third-order valence-corrected chi connectivity index (χ3v) is 1.66. The van der Waals surface area contributed by atoms with Gasteiger partial charge in [0, 0.05) is 0 Å². The third kappa shape index (κ3) is 10.5. The SMILES string of the molecule is C[N+](C)(C)CCOO[I+3]([O-])([O-])[O-]. The summed E-state index contributed by atoms with van der Waals surface area (Å²) in [7, 11) is 5.72. The third-order valence-electron chi connectivity index (χ3n) is 0.967. The Hall–Kier alpha value is 0.490. The molecule has 0 saturated carbocycles. The summed E-state index contributed by atoms with van der Waals surface area (Å²) in [5.41, 5.74) is 0. The standard InChI is InChI=1S/C5H13INO5/c1-7(2,3)4-5-11-12-6(8,9)10/h4-5H2,1-3H3/q+1. The van der Waals surface area contributed by atoms with E-state index in [2.05, 4.69) is 8.10 Å². The quantitative estimate of drug-likeness (QED) is 0.165. The first-order valence-corrected chi connectivity index (χ1v) is 6.75. The predicted octanol–water partition coefficient (Wildman–Crippen LogP) is -6.46. The second kappa shape index (κ2) is 4.65. The Labute approximate surface area is 77.5 Å². The average molecular weight is 294 g/mol. The molecule has 0 aromatic heterocycles. The van der Waals surface area contributed by atoms with Gasteiger partial charge in [0.2, 0.25) is 3.22 Å². The minimum Gasteiger partial charge on any atom is -0.329 e. The van der Waals surface area contributed by atoms with E-state index in [1.54, 1.807) is 0 Å². The number of likely N-dealkylation sites (N-methyl/N-ethyl adjacent to an activating group) is 1. The highest BCUT2D eigenvalue weighted by atomic mass is 127. The molecule has 0 bridgehead atoms. The lowest BCUT2D eigenvalue weighted by Gasteiger charge is -2.22. The lowest BCUT2D eigenvalue weighted by Crippen LogP contribution is -4.24. The maximum Gasteiger partial charge on any atom is 0.422 e. The second-order valence-electron chi connectivity index (χ2n) is 3.28. The van der Waals surface area contributed by atoms with Gasteiger partial charge in [-0.25, -0.2) is 0 Å². The number of nitrogens with zero attached hydrogens (tertiary/aromatic N) is 1. The van der Waals surface area contributed by atoms with Crippen LogP contribution in [0.15, 0.2) is 0 Å². The Morgan fingerprint density at radius 1 is 1.17 bits per heavy atom. The van der Waals surface area contributed by atoms with Gasteiger partial charge in [-0.3, -0.25) is 10.3 Å². The van der Waals surface area contributed by atoms with Crippen molar-refractivity contribution in [2.24, 2.45) is 0 Å². The highest BCUT2D eigenvalue weighted by Crippen LogP contribution is 1.87. The molecule has 0 aliphatic carbocycles. The molecule has 6 nitrogen and oxygen atoms in total. The van der Waals surface area contributed by atoms with Crippen molar-refractivity contribution in [2.75, 3.05) is 34.3 Å². The van der Waals surface area contributed by atoms with E-state index in [-0.39, 0.29) is 6.61 Å². The summed E-state index contributed by atoms with van der Waals surface area (Å²) < 4.78 is 34.1. The maximum absolute atomic E-state index is 9.94. The second-order valence-corrected chi connectivity index (χ2v) is 5.79. The van der Waals surface area contributed by atoms with Crippen molar-refractivity contribution in [3.8, 4) is 0 Å². The molecular weight excluding hydrogens is 281 g/mol. The summed E-state index contributed by atoms with van der Waals surface area (Å²) in [4.78, 5) is 4.20. The summed E-state index contributed by atoms with van der Waals surface area (Å²) in [6.45, 7) is 0.651. The van der Waals surface area contributed by atoms with E-state index in [4.69, 9.17) is 0 Å². The van der Waals surface area contributed by atoms with Crippen molar-refractivity contribution >= 4 is 0 Å². The largest absolute Gasteiger partial charge is 0.422 e. The molecule has 0 fully saturated rings. The smallest absolute Gasteiger partial charge is 0.329 e. The minimum absolute atomic E-state index is 0.0847. The van der Waals surface area contributed by atoms with E-state index in [1.807, 2.05) is 21.1 Å². The Bertz CT molecular complexity index is 113. The zero-order chi connectivity index (χ0) is 9.83. The van der Waals surface area contributed by atoms with Crippen LogP contribution in [0.1, 0.15) is 0 Å². The van der Waals surface area contributed by atoms with Crippen LogP contribution in [0.2, 0.25) is 0 Å². The molecule has 12 heavy (non-hydrogen) atoms. The molecule has 0 N–H and O–H groups in total. The summed E-state index contributed by atoms with van der Waals surface area (Å²) in [5.74, 6) is 0. The van der Waals surface area contributed by atoms with Gasteiger partial charge in [-0.15, -0.1) is 4.89 Å². The molecule has 0 aromatic rings. The number of halogens is 1. The number of rotatable bonds is 5. The fourth-order valence-corrected chi connectivity index (χ4v) is 0.888. The maximum atomic E-state index is 9.94. The van der Waals surface area contributed by atoms with Crippen LogP contribution in [-0.4, -0.2) is 38.8 Å². The first-order chi connectivity index (χ1) is 5.21. The van der Waals surface area contributed by atoms with E-state index in [1.165, 1.54) is 0 Å². The predicted molar refractivity (Wildman–Crippen MR) is 29.9 cm³/mol. The lowest BCUT2D eigenvalue weighted by molar-refractivity contribution is -1.93. The van der Waals surface area contributed by atoms with Gasteiger partial charge in [-0.1, -0.05) is 0 Å². The monoisotopic (exact) mass is 294 g/mol. The first-order valence-electron chi connectivity index (χ1n) is 3.23. The molecule has 0 aliphatic heterocycles. The summed E-state index contributed by atoms with van der Waals surface area (Å²) in [5, 5.41) is 0. The van der Waals surface area contributed by atoms with Crippen LogP contribution >= 0.6 is 0 Å². The zero-order valence-corrected chi connectivity index (χ0v) is 9.44. The molecule has 0 atom stereocenters. The van der Waals surface area contributed by atoms with Crippen LogP contribution < -0.4 is 30.4 Å². The molecule has 0 saturated heterocycles. The van der Waals surface area contributed by atoms with Crippen molar-refractivity contribution in [1.29, 1.82) is 0 Å². The van der Waals surface area contributed by atoms with Crippen LogP contribution in [0.5, 0.6) is 0 Å². The Kier molecular flexibility index (Phi) is 4.84. The average Bonchev–Trinajstić information content (AvgIpc) is 1.76. The molecule has 0 spiro atoms. The van der Waals surface area contributed by atoms with Crippen LogP contribution in [-0.2, 0) is 8.10 Å². The minimum atomic E-state index is -5.61. The number of hydrogen-bond donors (Lipinski definition) is 0. The Morgan fingerprint density at radius 3 is 2.00 bits per heavy atom. The van der Waals surface area contributed by atoms with Crippen molar-refractivity contribution < 1.29 is 43.0 Å². The van der Waals surface area contributed by atoms with Gasteiger partial charge in [0.1, 0.15) is 13.2 Å². The van der Waals surface area contributed by atoms with Gasteiger partial charge in [0.05, 0.1) is 21.1 Å². The van der Waals surface area contributed by atoms with Crippen LogP contribution in [0.3, 0.4) is 0 Å². The number of quaternary nitrogens is 1. The van der Waals surface area contributed by atoms with Crippen LogP contribution in [0, 0.1) is 0 Å². The topological polar surface area (TPSA) is 87.6 Å². The first kappa shape index (κ1) is 12.5. The van der Waals surface area contributed by atoms with Gasteiger partial charge in [0.25, 0.3) is 0 Å². The summed E-state index contributed by atoms with van der Waals surface area (Å²) >= 11 is -5.61. The van der Waals surface area contributed by atoms with Crippen LogP contribution in [0.25, 0.3) is 0 Å². The van der Waals surface area contributed by atoms with E-state index in [0.717, 1.165) is 0 Å². The molecule has 7 heteroatoms. The normalized spacial score (nSPS) is 13.5. The fourth-order valence-electron chi connectivity index (χ4n) is 0.397. The fraction of sp³-hybridized carbons (Fsp3) is 1.00. The van der Waals surface area contributed by atoms with Crippen molar-refractivity contribution in [1.82, 2.24) is 0 Å². The van der Waals surface area contributed by atoms with Crippen molar-refractivity contribution in [3.63, 3.8) is 0 Å². The molecule has 0 heterocycles. The highest BCUT2D eigenvalue weighted by molar-refractivity contribution is 4.21. The van der Waals surface area contributed by atoms with E-state index < -0.39 is 20.1 Å². The van der Waals surface area contributed by atoms with E-state index in [0.29, 0.717) is 11.0 Å². The molecule has 0 amide bonds. The Morgan fingerprint density at radius 2 is 1.67 bits per heavy atom. The van der Waals surface area contributed by atoms with Crippen LogP contribution in [0.4, 0.5) is 0 Å². The van der Waals surface area contributed by atoms with Gasteiger partial charge in [0.15, 0.2) is 0 Å². The Balaban J connectivity index is 3.35. The number of hydrogen-bond acceptors (Lipinski definition) is 5. The summed E-state index contributed by atoms with van der Waals surface area (Å²) in [6.07, 6.45) is 0. The lowest BCUT2D eigenvalue weighted by atomic mass is 10.5. The van der Waals surface area contributed by atoms with E-state index in [9.17, 15) is 10.3 Å². The van der Waals surface area contributed by atoms with Gasteiger partial charge in [-0.05, 0) is 0 Å². The van der Waals surface area contributed by atoms with E-state index >= 15 is 0 Å². The van der Waals surface area contributed by atoms with Crippen molar-refractivity contribution in [2.45, 2.75) is 0 Å². The summed E-state index contributed by atoms with van der Waals surface area (Å²) in [6, 6.07) is 0. The van der Waals surface area contributed by atoms with Crippen molar-refractivity contribution in [3.05, 3.63) is 0 Å². The molecule has 0 aliphatic rings. The molecule has 0 unspecified atom stereocenters. The molecule has 0 radical (unpaired) electrons. The molecule has 0 rings (SSSR count). The molecule has 0 aromatic carbocycles. The zero-order valence-electron chi connectivity index (χ0n) is 7.28. The highest BCUT2D eigenvalue weighted by Gasteiger charge is 2.29. The van der Waals surface area contributed by atoms with Gasteiger partial charge >= 0.3 is 20.1 Å². The molecule has 74 valence electrons. The molecular formula is C5H13INO5+. The van der Waals surface area contributed by atoms with Gasteiger partial charge in [-0.2, -0.15) is 0 Å². The van der Waals surface area contributed by atoms with Gasteiger partial charge < -0.3 is 4.48 Å².